The quantitative estimate of drug-likeness (QED) is 0.659. The van der Waals surface area contributed by atoms with Gasteiger partial charge in [0.05, 0.1) is 25.0 Å². The van der Waals surface area contributed by atoms with E-state index in [1.54, 1.807) is 13.3 Å². The average molecular weight is 437 g/mol. The molecule has 170 valence electrons. The van der Waals surface area contributed by atoms with Gasteiger partial charge in [-0.05, 0) is 32.6 Å². The number of aromatic nitrogens is 5. The lowest BCUT2D eigenvalue weighted by atomic mass is 9.97. The monoisotopic (exact) mass is 436 g/mol. The molecule has 8 heteroatoms. The molecule has 8 nitrogen and oxygen atoms in total. The number of hydrogen-bond donors (Lipinski definition) is 1. The predicted molar refractivity (Wildman–Crippen MR) is 123 cm³/mol. The molecule has 5 rings (SSSR count). The molecule has 3 aromatic heterocycles. The molecule has 0 spiro atoms. The minimum absolute atomic E-state index is 0.0827. The number of nitrogens with zero attached hydrogens (tertiary/aromatic N) is 5. The molecule has 32 heavy (non-hydrogen) atoms. The van der Waals surface area contributed by atoms with Gasteiger partial charge in [0.25, 0.3) is 5.56 Å². The molecule has 1 aliphatic heterocycles. The Labute approximate surface area is 188 Å². The zero-order valence-corrected chi connectivity index (χ0v) is 19.4. The summed E-state index contributed by atoms with van der Waals surface area (Å²) in [6.45, 7) is 8.86. The molecule has 2 fully saturated rings. The fourth-order valence-corrected chi connectivity index (χ4v) is 5.54. The Kier molecular flexibility index (Phi) is 5.49. The van der Waals surface area contributed by atoms with Crippen molar-refractivity contribution in [3.63, 3.8) is 0 Å². The first-order valence-electron chi connectivity index (χ1n) is 11.6. The van der Waals surface area contributed by atoms with E-state index in [0.717, 1.165) is 66.5 Å². The fourth-order valence-electron chi connectivity index (χ4n) is 5.54. The van der Waals surface area contributed by atoms with Crippen LogP contribution in [-0.2, 0) is 6.54 Å². The number of aromatic amines is 1. The molecule has 0 aromatic carbocycles. The van der Waals surface area contributed by atoms with Crippen molar-refractivity contribution in [2.75, 3.05) is 20.2 Å². The summed E-state index contributed by atoms with van der Waals surface area (Å²) in [4.78, 5) is 27.9. The Morgan fingerprint density at radius 3 is 2.72 bits per heavy atom. The molecule has 0 amide bonds. The van der Waals surface area contributed by atoms with Crippen LogP contribution in [0.5, 0.6) is 5.75 Å². The maximum atomic E-state index is 12.8. The highest BCUT2D eigenvalue weighted by Crippen LogP contribution is 2.34. The minimum atomic E-state index is -0.0827. The van der Waals surface area contributed by atoms with Gasteiger partial charge in [0.1, 0.15) is 17.0 Å². The molecule has 0 radical (unpaired) electrons. The maximum absolute atomic E-state index is 12.8. The Bertz CT molecular complexity index is 1190. The molecular formula is C24H32N6O2. The van der Waals surface area contributed by atoms with Crippen molar-refractivity contribution in [3.8, 4) is 5.75 Å². The van der Waals surface area contributed by atoms with Crippen LogP contribution in [-0.4, -0.2) is 49.8 Å². The van der Waals surface area contributed by atoms with E-state index in [0.29, 0.717) is 17.3 Å². The molecule has 3 aromatic rings. The van der Waals surface area contributed by atoms with Crippen molar-refractivity contribution >= 4 is 11.0 Å². The maximum Gasteiger partial charge on any atom is 0.262 e. The number of methoxy groups -OCH3 is 1. The standard InChI is InChI=1S/C24H32N6O2/c1-14-9-25-20(16(3)21(14)32-4)13-29-11-15(2)19(12-29)22-27-23-18(24(31)28-22)10-26-30(23)17-7-5-6-8-17/h9-10,15,17,19H,5-8,11-13H2,1-4H3,(H,27,28,31)/t15-,19-/m1/s1. The van der Waals surface area contributed by atoms with Gasteiger partial charge in [-0.25, -0.2) is 9.67 Å². The van der Waals surface area contributed by atoms with E-state index in [9.17, 15) is 4.79 Å². The molecule has 1 saturated carbocycles. The molecule has 1 N–H and O–H groups in total. The number of aryl methyl sites for hydroxylation is 1. The van der Waals surface area contributed by atoms with Gasteiger partial charge < -0.3 is 9.72 Å². The Balaban J connectivity index is 1.41. The lowest BCUT2D eigenvalue weighted by molar-refractivity contribution is 0.312. The second kappa shape index (κ2) is 8.31. The van der Waals surface area contributed by atoms with E-state index in [4.69, 9.17) is 9.72 Å². The number of pyridine rings is 1. The third-order valence-electron chi connectivity index (χ3n) is 7.31. The summed E-state index contributed by atoms with van der Waals surface area (Å²) in [6, 6.07) is 0.359. The Morgan fingerprint density at radius 2 is 1.97 bits per heavy atom. The number of likely N-dealkylation sites (tertiary alicyclic amines) is 1. The second-order valence-corrected chi connectivity index (χ2v) is 9.54. The number of ether oxygens (including phenoxy) is 1. The van der Waals surface area contributed by atoms with Gasteiger partial charge >= 0.3 is 0 Å². The van der Waals surface area contributed by atoms with E-state index in [2.05, 4.69) is 33.8 Å². The molecule has 0 bridgehead atoms. The van der Waals surface area contributed by atoms with Crippen LogP contribution in [0.25, 0.3) is 11.0 Å². The van der Waals surface area contributed by atoms with E-state index in [1.807, 2.05) is 17.8 Å². The predicted octanol–water partition coefficient (Wildman–Crippen LogP) is 3.49. The van der Waals surface area contributed by atoms with Gasteiger partial charge in [-0.3, -0.25) is 14.7 Å². The molecule has 2 aliphatic rings. The van der Waals surface area contributed by atoms with E-state index in [1.165, 1.54) is 12.8 Å². The number of rotatable bonds is 5. The summed E-state index contributed by atoms with van der Waals surface area (Å²) >= 11 is 0. The van der Waals surface area contributed by atoms with Gasteiger partial charge in [-0.15, -0.1) is 0 Å². The Morgan fingerprint density at radius 1 is 1.19 bits per heavy atom. The van der Waals surface area contributed by atoms with E-state index >= 15 is 0 Å². The largest absolute Gasteiger partial charge is 0.496 e. The van der Waals surface area contributed by atoms with Crippen LogP contribution in [0.1, 0.15) is 67.2 Å². The normalized spacial score (nSPS) is 22.2. The first-order chi connectivity index (χ1) is 15.5. The molecule has 1 saturated heterocycles. The van der Waals surface area contributed by atoms with Crippen molar-refractivity contribution in [2.45, 2.75) is 65.0 Å². The van der Waals surface area contributed by atoms with Crippen molar-refractivity contribution < 1.29 is 4.74 Å². The molecule has 2 atom stereocenters. The Hall–Kier alpha value is -2.74. The molecule has 4 heterocycles. The average Bonchev–Trinajstić information content (AvgIpc) is 3.50. The zero-order chi connectivity index (χ0) is 22.4. The fraction of sp³-hybridized carbons (Fsp3) is 0.583. The first kappa shape index (κ1) is 21.1. The molecule has 1 aliphatic carbocycles. The van der Waals surface area contributed by atoms with Crippen LogP contribution >= 0.6 is 0 Å². The first-order valence-corrected chi connectivity index (χ1v) is 11.6. The van der Waals surface area contributed by atoms with Gasteiger partial charge in [-0.2, -0.15) is 5.10 Å². The van der Waals surface area contributed by atoms with Crippen LogP contribution in [0.2, 0.25) is 0 Å². The smallest absolute Gasteiger partial charge is 0.262 e. The highest BCUT2D eigenvalue weighted by molar-refractivity contribution is 5.73. The van der Waals surface area contributed by atoms with Crippen LogP contribution in [0.3, 0.4) is 0 Å². The van der Waals surface area contributed by atoms with Crippen LogP contribution in [0, 0.1) is 19.8 Å². The lowest BCUT2D eigenvalue weighted by Gasteiger charge is -2.18. The highest BCUT2D eigenvalue weighted by atomic mass is 16.5. The number of nitrogens with one attached hydrogen (secondary N) is 1. The number of hydrogen-bond acceptors (Lipinski definition) is 6. The van der Waals surface area contributed by atoms with Gasteiger partial charge in [0, 0.05) is 42.9 Å². The summed E-state index contributed by atoms with van der Waals surface area (Å²) in [5, 5.41) is 5.12. The minimum Gasteiger partial charge on any atom is -0.496 e. The summed E-state index contributed by atoms with van der Waals surface area (Å²) in [5.74, 6) is 2.25. The zero-order valence-electron chi connectivity index (χ0n) is 19.4. The summed E-state index contributed by atoms with van der Waals surface area (Å²) in [6.07, 6.45) is 8.21. The van der Waals surface area contributed by atoms with Crippen molar-refractivity contribution in [3.05, 3.63) is 45.4 Å². The van der Waals surface area contributed by atoms with Gasteiger partial charge in [-0.1, -0.05) is 19.8 Å². The highest BCUT2D eigenvalue weighted by Gasteiger charge is 2.34. The summed E-state index contributed by atoms with van der Waals surface area (Å²) in [5.41, 5.74) is 3.84. The van der Waals surface area contributed by atoms with E-state index < -0.39 is 0 Å². The number of H-pyrrole nitrogens is 1. The number of fused-ring (bicyclic) bond motifs is 1. The van der Waals surface area contributed by atoms with E-state index in [-0.39, 0.29) is 11.5 Å². The molecular weight excluding hydrogens is 404 g/mol. The molecule has 0 unspecified atom stereocenters. The second-order valence-electron chi connectivity index (χ2n) is 9.54. The lowest BCUT2D eigenvalue weighted by Crippen LogP contribution is -2.22. The van der Waals surface area contributed by atoms with Crippen LogP contribution < -0.4 is 10.3 Å². The summed E-state index contributed by atoms with van der Waals surface area (Å²) < 4.78 is 7.57. The van der Waals surface area contributed by atoms with Gasteiger partial charge in [0.2, 0.25) is 0 Å². The van der Waals surface area contributed by atoms with Crippen molar-refractivity contribution in [1.29, 1.82) is 0 Å². The topological polar surface area (TPSA) is 88.9 Å². The van der Waals surface area contributed by atoms with Gasteiger partial charge in [0.15, 0.2) is 5.65 Å². The summed E-state index contributed by atoms with van der Waals surface area (Å²) in [7, 11) is 1.71. The van der Waals surface area contributed by atoms with Crippen molar-refractivity contribution in [1.82, 2.24) is 29.6 Å². The SMILES string of the molecule is COc1c(C)cnc(CN2C[C@@H](C)[C@H](c3nc4c(cnn4C4CCCC4)c(=O)[nH]3)C2)c1C. The third kappa shape index (κ3) is 3.60. The van der Waals surface area contributed by atoms with Crippen LogP contribution in [0.15, 0.2) is 17.2 Å². The third-order valence-corrected chi connectivity index (χ3v) is 7.31. The van der Waals surface area contributed by atoms with Crippen LogP contribution in [0.4, 0.5) is 0 Å². The van der Waals surface area contributed by atoms with Crippen molar-refractivity contribution in [2.24, 2.45) is 5.92 Å².